The molecule has 0 saturated carbocycles. The Kier molecular flexibility index (Phi) is 4.15. The van der Waals surface area contributed by atoms with Gasteiger partial charge in [-0.15, -0.1) is 0 Å². The molecule has 118 valence electrons. The minimum Gasteiger partial charge on any atom is -0.322 e. The number of fused-ring (bicyclic) bond motifs is 1. The zero-order valence-electron chi connectivity index (χ0n) is 13.4. The molecule has 0 aliphatic carbocycles. The lowest BCUT2D eigenvalue weighted by Crippen LogP contribution is -2.25. The van der Waals surface area contributed by atoms with Gasteiger partial charge in [0.2, 0.25) is 5.91 Å². The van der Waals surface area contributed by atoms with Crippen LogP contribution in [0.25, 0.3) is 0 Å². The fraction of sp³-hybridized carbons (Fsp3) is 0.263. The van der Waals surface area contributed by atoms with E-state index in [0.29, 0.717) is 12.1 Å². The Morgan fingerprint density at radius 3 is 2.52 bits per heavy atom. The lowest BCUT2D eigenvalue weighted by molar-refractivity contribution is -0.116. The van der Waals surface area contributed by atoms with Crippen molar-refractivity contribution in [2.75, 3.05) is 16.8 Å². The number of anilines is 2. The van der Waals surface area contributed by atoms with Gasteiger partial charge in [-0.1, -0.05) is 19.1 Å². The largest absolute Gasteiger partial charge is 0.322 e. The van der Waals surface area contributed by atoms with E-state index in [2.05, 4.69) is 12.2 Å². The second-order valence-corrected chi connectivity index (χ2v) is 5.77. The number of aryl methyl sites for hydroxylation is 1. The maximum atomic E-state index is 12.3. The molecule has 2 aromatic rings. The number of amides is 2. The topological polar surface area (TPSA) is 49.4 Å². The third-order valence-corrected chi connectivity index (χ3v) is 4.24. The van der Waals surface area contributed by atoms with Crippen LogP contribution in [0.15, 0.2) is 42.5 Å². The average Bonchev–Trinajstić information content (AvgIpc) is 2.98. The number of nitrogens with one attached hydrogen (secondary N) is 1. The van der Waals surface area contributed by atoms with Gasteiger partial charge in [-0.2, -0.15) is 0 Å². The predicted octanol–water partition coefficient (Wildman–Crippen LogP) is 3.41. The second-order valence-electron chi connectivity index (χ2n) is 5.77. The van der Waals surface area contributed by atoms with E-state index >= 15 is 0 Å². The Labute approximate surface area is 136 Å². The molecular weight excluding hydrogens is 288 g/mol. The normalized spacial score (nSPS) is 12.9. The van der Waals surface area contributed by atoms with Gasteiger partial charge in [0, 0.05) is 30.4 Å². The summed E-state index contributed by atoms with van der Waals surface area (Å²) in [5, 5.41) is 2.93. The highest BCUT2D eigenvalue weighted by atomic mass is 16.2. The van der Waals surface area contributed by atoms with Crippen molar-refractivity contribution < 1.29 is 9.59 Å². The van der Waals surface area contributed by atoms with E-state index in [1.165, 1.54) is 5.56 Å². The average molecular weight is 308 g/mol. The van der Waals surface area contributed by atoms with Crippen LogP contribution in [0.2, 0.25) is 0 Å². The van der Waals surface area contributed by atoms with Gasteiger partial charge in [0.25, 0.3) is 5.91 Å². The number of hydrogen-bond donors (Lipinski definition) is 1. The van der Waals surface area contributed by atoms with Crippen LogP contribution in [0.1, 0.15) is 35.3 Å². The van der Waals surface area contributed by atoms with Crippen LogP contribution >= 0.6 is 0 Å². The van der Waals surface area contributed by atoms with Crippen molar-refractivity contribution in [3.05, 3.63) is 59.2 Å². The lowest BCUT2D eigenvalue weighted by Gasteiger charge is -2.15. The van der Waals surface area contributed by atoms with Crippen molar-refractivity contribution in [1.82, 2.24) is 0 Å². The summed E-state index contributed by atoms with van der Waals surface area (Å²) in [6.45, 7) is 4.37. The maximum absolute atomic E-state index is 12.3. The molecule has 23 heavy (non-hydrogen) atoms. The number of carbonyl (C=O) groups is 2. The molecule has 0 aromatic heterocycles. The number of benzene rings is 2. The van der Waals surface area contributed by atoms with Crippen LogP contribution in [0.5, 0.6) is 0 Å². The van der Waals surface area contributed by atoms with Crippen molar-refractivity contribution in [3.8, 4) is 0 Å². The first kappa shape index (κ1) is 15.3. The summed E-state index contributed by atoms with van der Waals surface area (Å²) in [5.41, 5.74) is 4.66. The molecular formula is C19H20N2O2. The number of hydrogen-bond acceptors (Lipinski definition) is 2. The van der Waals surface area contributed by atoms with E-state index in [9.17, 15) is 9.59 Å². The van der Waals surface area contributed by atoms with Gasteiger partial charge in [0.05, 0.1) is 0 Å². The van der Waals surface area contributed by atoms with E-state index < -0.39 is 0 Å². The third kappa shape index (κ3) is 3.11. The molecule has 0 saturated heterocycles. The molecule has 0 unspecified atom stereocenters. The first-order valence-electron chi connectivity index (χ1n) is 7.90. The molecule has 1 aliphatic rings. The minimum atomic E-state index is -0.117. The summed E-state index contributed by atoms with van der Waals surface area (Å²) in [5.74, 6) is -0.0643. The van der Waals surface area contributed by atoms with Crippen molar-refractivity contribution >= 4 is 23.2 Å². The molecule has 2 amide bonds. The minimum absolute atomic E-state index is 0.0524. The van der Waals surface area contributed by atoms with Crippen LogP contribution < -0.4 is 10.2 Å². The molecule has 0 bridgehead atoms. The zero-order valence-corrected chi connectivity index (χ0v) is 13.4. The standard InChI is InChI=1S/C19H20N2O2/c1-3-14-4-6-15(7-5-14)19(23)20-17-8-9-18-16(12-17)10-11-21(18)13(2)22/h4-9,12H,3,10-11H2,1-2H3,(H,20,23). The van der Waals surface area contributed by atoms with Crippen molar-refractivity contribution in [1.29, 1.82) is 0 Å². The summed E-state index contributed by atoms with van der Waals surface area (Å²) in [6.07, 6.45) is 1.78. The van der Waals surface area contributed by atoms with Crippen LogP contribution in [0.3, 0.4) is 0 Å². The number of nitrogens with zero attached hydrogens (tertiary/aromatic N) is 1. The van der Waals surface area contributed by atoms with E-state index in [1.807, 2.05) is 42.5 Å². The van der Waals surface area contributed by atoms with Gasteiger partial charge in [0.15, 0.2) is 0 Å². The van der Waals surface area contributed by atoms with Crippen molar-refractivity contribution in [2.45, 2.75) is 26.7 Å². The Hall–Kier alpha value is -2.62. The van der Waals surface area contributed by atoms with Crippen LogP contribution in [-0.4, -0.2) is 18.4 Å². The summed E-state index contributed by atoms with van der Waals surface area (Å²) >= 11 is 0. The lowest BCUT2D eigenvalue weighted by atomic mass is 10.1. The summed E-state index contributed by atoms with van der Waals surface area (Å²) in [6, 6.07) is 13.3. The van der Waals surface area contributed by atoms with Crippen LogP contribution in [-0.2, 0) is 17.6 Å². The summed E-state index contributed by atoms with van der Waals surface area (Å²) in [4.78, 5) is 25.6. The second kappa shape index (κ2) is 6.24. The molecule has 0 atom stereocenters. The molecule has 4 heteroatoms. The van der Waals surface area contributed by atoms with Crippen molar-refractivity contribution in [3.63, 3.8) is 0 Å². The third-order valence-electron chi connectivity index (χ3n) is 4.24. The fourth-order valence-electron chi connectivity index (χ4n) is 2.90. The van der Waals surface area contributed by atoms with Gasteiger partial charge in [0.1, 0.15) is 0 Å². The maximum Gasteiger partial charge on any atom is 0.255 e. The molecule has 2 aromatic carbocycles. The van der Waals surface area contributed by atoms with E-state index in [0.717, 1.165) is 29.8 Å². The Morgan fingerprint density at radius 1 is 1.13 bits per heavy atom. The Bertz CT molecular complexity index is 750. The van der Waals surface area contributed by atoms with Gasteiger partial charge < -0.3 is 10.2 Å². The molecule has 1 N–H and O–H groups in total. The molecule has 0 radical (unpaired) electrons. The SMILES string of the molecule is CCc1ccc(C(=O)Nc2ccc3c(c2)CCN3C(C)=O)cc1. The van der Waals surface area contributed by atoms with Crippen LogP contribution in [0.4, 0.5) is 11.4 Å². The Balaban J connectivity index is 1.75. The van der Waals surface area contributed by atoms with E-state index in [1.54, 1.807) is 11.8 Å². The first-order chi connectivity index (χ1) is 11.1. The van der Waals surface area contributed by atoms with Crippen LogP contribution in [0, 0.1) is 0 Å². The highest BCUT2D eigenvalue weighted by Crippen LogP contribution is 2.30. The number of rotatable bonds is 3. The fourth-order valence-corrected chi connectivity index (χ4v) is 2.90. The highest BCUT2D eigenvalue weighted by molar-refractivity contribution is 6.04. The molecule has 0 spiro atoms. The molecule has 1 heterocycles. The van der Waals surface area contributed by atoms with Crippen molar-refractivity contribution in [2.24, 2.45) is 0 Å². The molecule has 4 nitrogen and oxygen atoms in total. The smallest absolute Gasteiger partial charge is 0.255 e. The predicted molar refractivity (Wildman–Crippen MR) is 91.9 cm³/mol. The quantitative estimate of drug-likeness (QED) is 0.944. The first-order valence-corrected chi connectivity index (χ1v) is 7.90. The molecule has 1 aliphatic heterocycles. The summed E-state index contributed by atoms with van der Waals surface area (Å²) < 4.78 is 0. The van der Waals surface area contributed by atoms with E-state index in [4.69, 9.17) is 0 Å². The molecule has 0 fully saturated rings. The summed E-state index contributed by atoms with van der Waals surface area (Å²) in [7, 11) is 0. The Morgan fingerprint density at radius 2 is 1.87 bits per heavy atom. The van der Waals surface area contributed by atoms with E-state index in [-0.39, 0.29) is 11.8 Å². The van der Waals surface area contributed by atoms with Gasteiger partial charge >= 0.3 is 0 Å². The van der Waals surface area contributed by atoms with Gasteiger partial charge in [-0.05, 0) is 54.3 Å². The number of carbonyl (C=O) groups excluding carboxylic acids is 2. The van der Waals surface area contributed by atoms with Gasteiger partial charge in [-0.25, -0.2) is 0 Å². The monoisotopic (exact) mass is 308 g/mol. The van der Waals surface area contributed by atoms with Gasteiger partial charge in [-0.3, -0.25) is 9.59 Å². The zero-order chi connectivity index (χ0) is 16.4. The molecule has 3 rings (SSSR count). The highest BCUT2D eigenvalue weighted by Gasteiger charge is 2.22.